The molecule has 4 heterocycles. The highest BCUT2D eigenvalue weighted by molar-refractivity contribution is 7.17. The van der Waals surface area contributed by atoms with Gasteiger partial charge in [0.05, 0.1) is 23.8 Å². The van der Waals surface area contributed by atoms with Crippen molar-refractivity contribution in [2.45, 2.75) is 26.2 Å². The molecule has 0 atom stereocenters. The molecule has 0 aliphatic carbocycles. The van der Waals surface area contributed by atoms with Crippen molar-refractivity contribution in [3.8, 4) is 11.4 Å². The van der Waals surface area contributed by atoms with E-state index in [1.165, 1.54) is 16.5 Å². The Kier molecular flexibility index (Phi) is 3.55. The second-order valence-corrected chi connectivity index (χ2v) is 7.65. The third kappa shape index (κ3) is 2.46. The number of halogens is 2. The third-order valence-electron chi connectivity index (χ3n) is 4.59. The highest BCUT2D eigenvalue weighted by Gasteiger charge is 2.32. The Morgan fingerprint density at radius 2 is 2.28 bits per heavy atom. The van der Waals surface area contributed by atoms with E-state index in [0.717, 1.165) is 35.0 Å². The fourth-order valence-electron chi connectivity index (χ4n) is 3.44. The largest absolute Gasteiger partial charge is 0.376 e. The minimum Gasteiger partial charge on any atom is -0.376 e. The SMILES string of the molecule is Fc1cc(CN2Cn3ncnc3-c3c2sc2c3CCOC2)ccc1Cl. The zero-order valence-electron chi connectivity index (χ0n) is 13.2. The van der Waals surface area contributed by atoms with Crippen molar-refractivity contribution in [2.75, 3.05) is 11.5 Å². The molecule has 0 spiro atoms. The van der Waals surface area contributed by atoms with Gasteiger partial charge in [-0.1, -0.05) is 17.7 Å². The average Bonchev–Trinajstić information content (AvgIpc) is 3.22. The van der Waals surface area contributed by atoms with Crippen LogP contribution < -0.4 is 4.90 Å². The van der Waals surface area contributed by atoms with Crippen molar-refractivity contribution in [3.05, 3.63) is 51.4 Å². The zero-order chi connectivity index (χ0) is 17.0. The van der Waals surface area contributed by atoms with Crippen molar-refractivity contribution in [3.63, 3.8) is 0 Å². The van der Waals surface area contributed by atoms with Gasteiger partial charge in [0.15, 0.2) is 5.82 Å². The van der Waals surface area contributed by atoms with Crippen LogP contribution >= 0.6 is 22.9 Å². The summed E-state index contributed by atoms with van der Waals surface area (Å²) >= 11 is 7.54. The number of aromatic nitrogens is 3. The minimum absolute atomic E-state index is 0.144. The Morgan fingerprint density at radius 1 is 1.36 bits per heavy atom. The van der Waals surface area contributed by atoms with Crippen molar-refractivity contribution < 1.29 is 9.13 Å². The topological polar surface area (TPSA) is 43.2 Å². The van der Waals surface area contributed by atoms with E-state index >= 15 is 0 Å². The van der Waals surface area contributed by atoms with E-state index in [0.29, 0.717) is 19.8 Å². The molecule has 128 valence electrons. The molecule has 8 heteroatoms. The summed E-state index contributed by atoms with van der Waals surface area (Å²) in [5, 5.41) is 5.65. The third-order valence-corrected chi connectivity index (χ3v) is 6.16. The Morgan fingerprint density at radius 3 is 3.16 bits per heavy atom. The van der Waals surface area contributed by atoms with Crippen LogP contribution in [0.4, 0.5) is 9.39 Å². The number of nitrogens with zero attached hydrogens (tertiary/aromatic N) is 4. The fraction of sp³-hybridized carbons (Fsp3) is 0.294. The van der Waals surface area contributed by atoms with Gasteiger partial charge in [-0.15, -0.1) is 11.3 Å². The molecule has 0 unspecified atom stereocenters. The summed E-state index contributed by atoms with van der Waals surface area (Å²) in [6.45, 7) is 2.55. The highest BCUT2D eigenvalue weighted by atomic mass is 35.5. The molecule has 2 aromatic heterocycles. The van der Waals surface area contributed by atoms with E-state index in [1.54, 1.807) is 23.7 Å². The van der Waals surface area contributed by atoms with Gasteiger partial charge in [-0.3, -0.25) is 0 Å². The summed E-state index contributed by atoms with van der Waals surface area (Å²) in [5.74, 6) is 0.518. The molecule has 0 bridgehead atoms. The molecule has 0 fully saturated rings. The molecule has 5 rings (SSSR count). The molecule has 1 aromatic carbocycles. The molecule has 25 heavy (non-hydrogen) atoms. The van der Waals surface area contributed by atoms with Crippen LogP contribution in [0.2, 0.25) is 5.02 Å². The Bertz CT molecular complexity index is 970. The lowest BCUT2D eigenvalue weighted by molar-refractivity contribution is 0.114. The summed E-state index contributed by atoms with van der Waals surface area (Å²) in [6, 6.07) is 4.96. The second kappa shape index (κ2) is 5.79. The molecular formula is C17H14ClFN4OS. The predicted molar refractivity (Wildman–Crippen MR) is 94.3 cm³/mol. The maximum atomic E-state index is 13.8. The number of thiophene rings is 1. The van der Waals surface area contributed by atoms with Gasteiger partial charge >= 0.3 is 0 Å². The van der Waals surface area contributed by atoms with Crippen LogP contribution in [-0.4, -0.2) is 21.4 Å². The first-order valence-corrected chi connectivity index (χ1v) is 9.19. The van der Waals surface area contributed by atoms with Crippen LogP contribution in [0.5, 0.6) is 0 Å². The van der Waals surface area contributed by atoms with E-state index < -0.39 is 5.82 Å². The molecule has 2 aliphatic rings. The summed E-state index contributed by atoms with van der Waals surface area (Å²) in [5.41, 5.74) is 3.34. The van der Waals surface area contributed by atoms with Crippen molar-refractivity contribution in [2.24, 2.45) is 0 Å². The molecule has 5 nitrogen and oxygen atoms in total. The van der Waals surface area contributed by atoms with Gasteiger partial charge in [0.1, 0.15) is 23.8 Å². The first-order chi connectivity index (χ1) is 12.2. The number of fused-ring (bicyclic) bond motifs is 5. The number of hydrogen-bond acceptors (Lipinski definition) is 5. The lowest BCUT2D eigenvalue weighted by Gasteiger charge is -2.29. The maximum absolute atomic E-state index is 13.8. The second-order valence-electron chi connectivity index (χ2n) is 6.16. The van der Waals surface area contributed by atoms with E-state index in [9.17, 15) is 4.39 Å². The normalized spacial score (nSPS) is 15.7. The van der Waals surface area contributed by atoms with Gasteiger partial charge in [0.2, 0.25) is 0 Å². The Balaban J connectivity index is 1.59. The summed E-state index contributed by atoms with van der Waals surface area (Å²) < 4.78 is 21.3. The smallest absolute Gasteiger partial charge is 0.163 e. The molecular weight excluding hydrogens is 363 g/mol. The quantitative estimate of drug-likeness (QED) is 0.681. The number of hydrogen-bond donors (Lipinski definition) is 0. The zero-order valence-corrected chi connectivity index (χ0v) is 14.8. The van der Waals surface area contributed by atoms with Gasteiger partial charge in [-0.25, -0.2) is 14.1 Å². The number of rotatable bonds is 2. The fourth-order valence-corrected chi connectivity index (χ4v) is 4.83. The van der Waals surface area contributed by atoms with E-state index in [4.69, 9.17) is 16.3 Å². The average molecular weight is 377 g/mol. The van der Waals surface area contributed by atoms with Crippen molar-refractivity contribution >= 4 is 27.9 Å². The van der Waals surface area contributed by atoms with Crippen LogP contribution in [0, 0.1) is 5.82 Å². The first-order valence-electron chi connectivity index (χ1n) is 8.00. The van der Waals surface area contributed by atoms with E-state index in [-0.39, 0.29) is 5.02 Å². The maximum Gasteiger partial charge on any atom is 0.163 e. The van der Waals surface area contributed by atoms with Crippen LogP contribution in [0.1, 0.15) is 16.0 Å². The van der Waals surface area contributed by atoms with Gasteiger partial charge < -0.3 is 9.64 Å². The van der Waals surface area contributed by atoms with Crippen LogP contribution in [0.25, 0.3) is 11.4 Å². The van der Waals surface area contributed by atoms with Gasteiger partial charge in [-0.2, -0.15) is 5.10 Å². The Labute approximate surface area is 152 Å². The van der Waals surface area contributed by atoms with E-state index in [2.05, 4.69) is 15.0 Å². The molecule has 2 aliphatic heterocycles. The first kappa shape index (κ1) is 15.3. The van der Waals surface area contributed by atoms with E-state index in [1.807, 2.05) is 10.7 Å². The Hall–Kier alpha value is -1.96. The monoisotopic (exact) mass is 376 g/mol. The minimum atomic E-state index is -0.392. The van der Waals surface area contributed by atoms with Crippen LogP contribution in [0.15, 0.2) is 24.5 Å². The van der Waals surface area contributed by atoms with Gasteiger partial charge in [0.25, 0.3) is 0 Å². The number of benzene rings is 1. The predicted octanol–water partition coefficient (Wildman–Crippen LogP) is 3.85. The lowest BCUT2D eigenvalue weighted by Crippen LogP contribution is -2.30. The molecule has 3 aromatic rings. The van der Waals surface area contributed by atoms with Crippen LogP contribution in [0.3, 0.4) is 0 Å². The van der Waals surface area contributed by atoms with Gasteiger partial charge in [0, 0.05) is 11.4 Å². The molecule has 0 radical (unpaired) electrons. The molecule has 0 saturated carbocycles. The number of ether oxygens (including phenoxy) is 1. The standard InChI is InChI=1S/C17H14ClFN4OS/c18-12-2-1-10(5-13(12)19)6-22-9-23-16(20-8-21-23)15-11-3-4-24-7-14(11)25-17(15)22/h1-2,5,8H,3-4,6-7,9H2. The molecule has 0 N–H and O–H groups in total. The number of anilines is 1. The lowest BCUT2D eigenvalue weighted by atomic mass is 10.0. The van der Waals surface area contributed by atoms with Crippen molar-refractivity contribution in [1.29, 1.82) is 0 Å². The summed E-state index contributed by atoms with van der Waals surface area (Å²) in [7, 11) is 0. The molecule has 0 saturated heterocycles. The highest BCUT2D eigenvalue weighted by Crippen LogP contribution is 2.47. The summed E-state index contributed by atoms with van der Waals surface area (Å²) in [4.78, 5) is 7.92. The van der Waals surface area contributed by atoms with Crippen LogP contribution in [-0.2, 0) is 31.0 Å². The summed E-state index contributed by atoms with van der Waals surface area (Å²) in [6.07, 6.45) is 2.48. The molecule has 0 amide bonds. The van der Waals surface area contributed by atoms with Gasteiger partial charge in [-0.05, 0) is 29.7 Å². The van der Waals surface area contributed by atoms with Crippen molar-refractivity contribution in [1.82, 2.24) is 14.8 Å².